The number of nitro benzene ring substituents is 1. The number of carbonyl (C=O) groups is 1. The molecule has 1 N–H and O–H groups in total. The number of benzene rings is 2. The number of nitrogens with zero attached hydrogens (tertiary/aromatic N) is 2. The molecule has 23 heavy (non-hydrogen) atoms. The van der Waals surface area contributed by atoms with Gasteiger partial charge in [0.1, 0.15) is 5.75 Å². The van der Waals surface area contributed by atoms with Crippen molar-refractivity contribution in [3.63, 3.8) is 0 Å². The Labute approximate surface area is 132 Å². The molecule has 0 fully saturated rings. The van der Waals surface area contributed by atoms with E-state index >= 15 is 0 Å². The minimum atomic E-state index is -0.840. The maximum Gasteiger partial charge on any atom is 0.273 e. The zero-order valence-corrected chi connectivity index (χ0v) is 12.2. The summed E-state index contributed by atoms with van der Waals surface area (Å²) < 4.78 is 5.42. The highest BCUT2D eigenvalue weighted by atomic mass is 16.6. The second kappa shape index (κ2) is 7.04. The third-order valence-corrected chi connectivity index (χ3v) is 2.99. The molecule has 2 aromatic carbocycles. The summed E-state index contributed by atoms with van der Waals surface area (Å²) in [4.78, 5) is 22.2. The van der Waals surface area contributed by atoms with E-state index in [2.05, 4.69) is 5.32 Å². The van der Waals surface area contributed by atoms with Crippen molar-refractivity contribution in [1.82, 2.24) is 0 Å². The highest BCUT2D eigenvalue weighted by Gasteiger charge is 2.16. The summed E-state index contributed by atoms with van der Waals surface area (Å²) in [6.07, 6.45) is -0.840. The van der Waals surface area contributed by atoms with Gasteiger partial charge < -0.3 is 10.1 Å². The van der Waals surface area contributed by atoms with E-state index in [1.807, 2.05) is 6.07 Å². The standard InChI is InChI=1S/C16H13N3O4/c1-11(23-15-4-2-3-14(9-15)19(21)22)16(20)18-13-7-5-12(10-17)6-8-13/h2-9,11H,1H3,(H,18,20)/t11-/m0/s1. The zero-order chi connectivity index (χ0) is 16.8. The first-order chi connectivity index (χ1) is 11.0. The summed E-state index contributed by atoms with van der Waals surface area (Å²) >= 11 is 0. The first kappa shape index (κ1) is 16.0. The van der Waals surface area contributed by atoms with Gasteiger partial charge in [-0.25, -0.2) is 0 Å². The molecular weight excluding hydrogens is 298 g/mol. The van der Waals surface area contributed by atoms with Crippen LogP contribution in [0.4, 0.5) is 11.4 Å². The fraction of sp³-hybridized carbons (Fsp3) is 0.125. The van der Waals surface area contributed by atoms with Gasteiger partial charge in [-0.15, -0.1) is 0 Å². The molecule has 1 amide bonds. The summed E-state index contributed by atoms with van der Waals surface area (Å²) in [7, 11) is 0. The van der Waals surface area contributed by atoms with Crippen LogP contribution in [-0.2, 0) is 4.79 Å². The highest BCUT2D eigenvalue weighted by Crippen LogP contribution is 2.20. The number of hydrogen-bond donors (Lipinski definition) is 1. The largest absolute Gasteiger partial charge is 0.481 e. The van der Waals surface area contributed by atoms with E-state index < -0.39 is 16.9 Å². The molecule has 0 saturated heterocycles. The molecule has 0 aliphatic rings. The van der Waals surface area contributed by atoms with Crippen LogP contribution < -0.4 is 10.1 Å². The third kappa shape index (κ3) is 4.28. The van der Waals surface area contributed by atoms with Crippen LogP contribution in [-0.4, -0.2) is 16.9 Å². The summed E-state index contributed by atoms with van der Waals surface area (Å²) in [5.74, 6) is -0.164. The van der Waals surface area contributed by atoms with E-state index in [-0.39, 0.29) is 11.4 Å². The number of rotatable bonds is 5. The molecule has 2 rings (SSSR count). The monoisotopic (exact) mass is 311 g/mol. The van der Waals surface area contributed by atoms with E-state index in [0.29, 0.717) is 11.3 Å². The van der Waals surface area contributed by atoms with E-state index in [0.717, 1.165) is 0 Å². The molecule has 0 aliphatic heterocycles. The van der Waals surface area contributed by atoms with Gasteiger partial charge in [-0.2, -0.15) is 5.26 Å². The summed E-state index contributed by atoms with van der Waals surface area (Å²) in [6.45, 7) is 1.54. The number of amides is 1. The summed E-state index contributed by atoms with van der Waals surface area (Å²) in [5.41, 5.74) is 0.912. The zero-order valence-electron chi connectivity index (χ0n) is 12.2. The van der Waals surface area contributed by atoms with Crippen molar-refractivity contribution in [1.29, 1.82) is 5.26 Å². The van der Waals surface area contributed by atoms with Crippen molar-refractivity contribution in [2.24, 2.45) is 0 Å². The van der Waals surface area contributed by atoms with Crippen molar-refractivity contribution in [2.45, 2.75) is 13.0 Å². The number of nitrogens with one attached hydrogen (secondary N) is 1. The second-order valence-corrected chi connectivity index (χ2v) is 4.69. The van der Waals surface area contributed by atoms with Gasteiger partial charge in [-0.3, -0.25) is 14.9 Å². The normalized spacial score (nSPS) is 11.1. The molecular formula is C16H13N3O4. The Hall–Kier alpha value is -3.40. The van der Waals surface area contributed by atoms with Crippen LogP contribution >= 0.6 is 0 Å². The Morgan fingerprint density at radius 3 is 2.61 bits per heavy atom. The number of nitriles is 1. The number of non-ortho nitro benzene ring substituents is 1. The highest BCUT2D eigenvalue weighted by molar-refractivity contribution is 5.94. The molecule has 0 heterocycles. The second-order valence-electron chi connectivity index (χ2n) is 4.69. The first-order valence-electron chi connectivity index (χ1n) is 6.72. The van der Waals surface area contributed by atoms with Crippen molar-refractivity contribution < 1.29 is 14.5 Å². The van der Waals surface area contributed by atoms with Crippen molar-refractivity contribution >= 4 is 17.3 Å². The first-order valence-corrected chi connectivity index (χ1v) is 6.72. The lowest BCUT2D eigenvalue weighted by molar-refractivity contribution is -0.384. The SMILES string of the molecule is C[C@H](Oc1cccc([N+](=O)[O-])c1)C(=O)Nc1ccc(C#N)cc1. The molecule has 116 valence electrons. The maximum absolute atomic E-state index is 12.1. The minimum absolute atomic E-state index is 0.109. The maximum atomic E-state index is 12.1. The Kier molecular flexibility index (Phi) is 4.89. The molecule has 0 bridgehead atoms. The van der Waals surface area contributed by atoms with Crippen LogP contribution in [0.1, 0.15) is 12.5 Å². The quantitative estimate of drug-likeness (QED) is 0.675. The van der Waals surface area contributed by atoms with Gasteiger partial charge in [-0.1, -0.05) is 6.07 Å². The van der Waals surface area contributed by atoms with Crippen LogP contribution in [0, 0.1) is 21.4 Å². The topological polar surface area (TPSA) is 105 Å². The minimum Gasteiger partial charge on any atom is -0.481 e. The van der Waals surface area contributed by atoms with Crippen LogP contribution in [0.25, 0.3) is 0 Å². The predicted molar refractivity (Wildman–Crippen MR) is 83.0 cm³/mol. The fourth-order valence-corrected chi connectivity index (χ4v) is 1.80. The van der Waals surface area contributed by atoms with Crippen LogP contribution in [0.3, 0.4) is 0 Å². The van der Waals surface area contributed by atoms with Crippen molar-refractivity contribution in [2.75, 3.05) is 5.32 Å². The van der Waals surface area contributed by atoms with Crippen molar-refractivity contribution in [3.05, 3.63) is 64.2 Å². The number of carbonyl (C=O) groups excluding carboxylic acids is 1. The lowest BCUT2D eigenvalue weighted by Gasteiger charge is -2.14. The van der Waals surface area contributed by atoms with Crippen molar-refractivity contribution in [3.8, 4) is 11.8 Å². The number of nitro groups is 1. The average Bonchev–Trinajstić information content (AvgIpc) is 2.55. The van der Waals surface area contributed by atoms with Gasteiger partial charge in [0.2, 0.25) is 0 Å². The van der Waals surface area contributed by atoms with E-state index in [1.165, 1.54) is 25.1 Å². The molecule has 7 nitrogen and oxygen atoms in total. The Morgan fingerprint density at radius 2 is 2.00 bits per heavy atom. The Morgan fingerprint density at radius 1 is 1.30 bits per heavy atom. The number of ether oxygens (including phenoxy) is 1. The Balaban J connectivity index is 2.00. The molecule has 0 radical (unpaired) electrons. The smallest absolute Gasteiger partial charge is 0.273 e. The van der Waals surface area contributed by atoms with E-state index in [9.17, 15) is 14.9 Å². The average molecular weight is 311 g/mol. The molecule has 7 heteroatoms. The number of hydrogen-bond acceptors (Lipinski definition) is 5. The molecule has 0 saturated carbocycles. The van der Waals surface area contributed by atoms with Gasteiger partial charge in [0.05, 0.1) is 22.6 Å². The molecule has 2 aromatic rings. The molecule has 0 aromatic heterocycles. The Bertz CT molecular complexity index is 766. The van der Waals surface area contributed by atoms with E-state index in [4.69, 9.17) is 10.00 Å². The van der Waals surface area contributed by atoms with Gasteiger partial charge >= 0.3 is 0 Å². The van der Waals surface area contributed by atoms with Gasteiger partial charge in [-0.05, 0) is 37.3 Å². The lowest BCUT2D eigenvalue weighted by atomic mass is 10.2. The van der Waals surface area contributed by atoms with Gasteiger partial charge in [0, 0.05) is 11.8 Å². The molecule has 1 atom stereocenters. The van der Waals surface area contributed by atoms with Gasteiger partial charge in [0.15, 0.2) is 6.10 Å². The predicted octanol–water partition coefficient (Wildman–Crippen LogP) is 2.87. The summed E-state index contributed by atoms with van der Waals surface area (Å²) in [5, 5.41) is 22.1. The lowest BCUT2D eigenvalue weighted by Crippen LogP contribution is -2.30. The fourth-order valence-electron chi connectivity index (χ4n) is 1.80. The summed E-state index contributed by atoms with van der Waals surface area (Å²) in [6, 6.07) is 14.0. The van der Waals surface area contributed by atoms with Crippen LogP contribution in [0.5, 0.6) is 5.75 Å². The third-order valence-electron chi connectivity index (χ3n) is 2.99. The van der Waals surface area contributed by atoms with Gasteiger partial charge in [0.25, 0.3) is 11.6 Å². The van der Waals surface area contributed by atoms with Crippen LogP contribution in [0.15, 0.2) is 48.5 Å². The molecule has 0 aliphatic carbocycles. The van der Waals surface area contributed by atoms with Crippen LogP contribution in [0.2, 0.25) is 0 Å². The molecule has 0 unspecified atom stereocenters. The van der Waals surface area contributed by atoms with E-state index in [1.54, 1.807) is 30.3 Å². The molecule has 0 spiro atoms. The number of anilines is 1.